The fourth-order valence-corrected chi connectivity index (χ4v) is 2.50. The van der Waals surface area contributed by atoms with Crippen molar-refractivity contribution in [3.8, 4) is 11.5 Å². The number of alkyl halides is 1. The molecule has 0 N–H and O–H groups in total. The second-order valence-electron chi connectivity index (χ2n) is 4.01. The topological polar surface area (TPSA) is 71.1 Å². The fraction of sp³-hybridized carbons (Fsp3) is 0.538. The highest BCUT2D eigenvalue weighted by molar-refractivity contribution is 9.09. The molecule has 0 amide bonds. The Morgan fingerprint density at radius 2 is 1.68 bits per heavy atom. The summed E-state index contributed by atoms with van der Waals surface area (Å²) >= 11 is 3.25. The first-order chi connectivity index (χ1) is 10.5. The van der Waals surface area contributed by atoms with Crippen molar-refractivity contribution < 1.29 is 27.4 Å². The smallest absolute Gasteiger partial charge is 0.261 e. The van der Waals surface area contributed by atoms with Crippen LogP contribution in [0.25, 0.3) is 0 Å². The van der Waals surface area contributed by atoms with Crippen LogP contribution < -0.4 is 9.47 Å². The minimum absolute atomic E-state index is 0.0472. The van der Waals surface area contributed by atoms with Crippen LogP contribution in [0.3, 0.4) is 0 Å². The third-order valence-corrected chi connectivity index (χ3v) is 4.17. The molecule has 0 saturated carbocycles. The van der Waals surface area contributed by atoms with Crippen molar-refractivity contribution in [1.29, 1.82) is 0 Å². The Kier molecular flexibility index (Phi) is 9.11. The molecule has 0 bridgehead atoms. The SMILES string of the molecule is COc1ccc(S(=O)(=O)Cl)cc1OCCOCCOCCBr. The molecule has 1 rings (SSSR count). The van der Waals surface area contributed by atoms with Crippen molar-refractivity contribution >= 4 is 35.7 Å². The van der Waals surface area contributed by atoms with Gasteiger partial charge in [0, 0.05) is 22.1 Å². The van der Waals surface area contributed by atoms with Crippen molar-refractivity contribution in [2.75, 3.05) is 45.5 Å². The molecular weight excluding hydrogens is 400 g/mol. The van der Waals surface area contributed by atoms with E-state index in [9.17, 15) is 8.42 Å². The number of hydrogen-bond acceptors (Lipinski definition) is 6. The third-order valence-electron chi connectivity index (χ3n) is 2.50. The largest absolute Gasteiger partial charge is 0.493 e. The van der Waals surface area contributed by atoms with E-state index in [0.717, 1.165) is 5.33 Å². The van der Waals surface area contributed by atoms with Crippen molar-refractivity contribution in [2.45, 2.75) is 4.90 Å². The molecule has 0 radical (unpaired) electrons. The summed E-state index contributed by atoms with van der Waals surface area (Å²) in [6.45, 7) is 2.20. The molecule has 126 valence electrons. The standard InChI is InChI=1S/C13H18BrClO6S/c1-18-12-3-2-11(22(15,16)17)10-13(12)21-9-8-20-7-6-19-5-4-14/h2-3,10H,4-9H2,1H3. The zero-order chi connectivity index (χ0) is 16.4. The lowest BCUT2D eigenvalue weighted by Gasteiger charge is -2.12. The lowest BCUT2D eigenvalue weighted by molar-refractivity contribution is 0.0411. The highest BCUT2D eigenvalue weighted by Gasteiger charge is 2.14. The molecular formula is C13H18BrClO6S. The summed E-state index contributed by atoms with van der Waals surface area (Å²) in [4.78, 5) is -0.0472. The van der Waals surface area contributed by atoms with Crippen molar-refractivity contribution in [3.05, 3.63) is 18.2 Å². The normalized spacial score (nSPS) is 11.4. The Morgan fingerprint density at radius 3 is 2.27 bits per heavy atom. The van der Waals surface area contributed by atoms with Gasteiger partial charge in [-0.15, -0.1) is 0 Å². The summed E-state index contributed by atoms with van der Waals surface area (Å²) in [5.74, 6) is 0.716. The molecule has 0 heterocycles. The molecule has 0 aliphatic carbocycles. The van der Waals surface area contributed by atoms with Crippen LogP contribution in [-0.2, 0) is 18.5 Å². The average Bonchev–Trinajstić information content (AvgIpc) is 2.48. The highest BCUT2D eigenvalue weighted by Crippen LogP contribution is 2.30. The minimum atomic E-state index is -3.81. The lowest BCUT2D eigenvalue weighted by Crippen LogP contribution is -2.11. The van der Waals surface area contributed by atoms with Crippen molar-refractivity contribution in [2.24, 2.45) is 0 Å². The van der Waals surface area contributed by atoms with E-state index >= 15 is 0 Å². The van der Waals surface area contributed by atoms with E-state index in [2.05, 4.69) is 15.9 Å². The van der Waals surface area contributed by atoms with E-state index in [1.165, 1.54) is 25.3 Å². The van der Waals surface area contributed by atoms with E-state index in [-0.39, 0.29) is 11.5 Å². The first-order valence-electron chi connectivity index (χ1n) is 6.46. The van der Waals surface area contributed by atoms with Gasteiger partial charge in [-0.05, 0) is 12.1 Å². The molecule has 0 fully saturated rings. The van der Waals surface area contributed by atoms with Gasteiger partial charge < -0.3 is 18.9 Å². The summed E-state index contributed by atoms with van der Waals surface area (Å²) < 4.78 is 43.7. The van der Waals surface area contributed by atoms with E-state index < -0.39 is 9.05 Å². The molecule has 1 aromatic carbocycles. The average molecular weight is 418 g/mol. The van der Waals surface area contributed by atoms with E-state index in [0.29, 0.717) is 37.9 Å². The number of methoxy groups -OCH3 is 1. The van der Waals surface area contributed by atoms with Crippen LogP contribution in [0.4, 0.5) is 0 Å². The molecule has 0 atom stereocenters. The molecule has 0 aliphatic heterocycles. The summed E-state index contributed by atoms with van der Waals surface area (Å²) in [6, 6.07) is 4.16. The van der Waals surface area contributed by atoms with Gasteiger partial charge in [-0.25, -0.2) is 8.42 Å². The molecule has 0 aliphatic rings. The van der Waals surface area contributed by atoms with Gasteiger partial charge >= 0.3 is 0 Å². The van der Waals surface area contributed by atoms with Crippen molar-refractivity contribution in [3.63, 3.8) is 0 Å². The van der Waals surface area contributed by atoms with Gasteiger partial charge in [0.1, 0.15) is 6.61 Å². The molecule has 6 nitrogen and oxygen atoms in total. The van der Waals surface area contributed by atoms with Gasteiger partial charge in [0.25, 0.3) is 9.05 Å². The highest BCUT2D eigenvalue weighted by atomic mass is 79.9. The van der Waals surface area contributed by atoms with Crippen LogP contribution in [0.15, 0.2) is 23.1 Å². The lowest BCUT2D eigenvalue weighted by atomic mass is 10.3. The summed E-state index contributed by atoms with van der Waals surface area (Å²) in [5, 5.41) is 0.787. The van der Waals surface area contributed by atoms with Gasteiger partial charge in [0.05, 0.1) is 38.4 Å². The van der Waals surface area contributed by atoms with Gasteiger partial charge in [0.2, 0.25) is 0 Å². The zero-order valence-electron chi connectivity index (χ0n) is 12.1. The second-order valence-corrected chi connectivity index (χ2v) is 7.37. The Hall–Kier alpha value is -0.540. The number of benzene rings is 1. The molecule has 1 aromatic rings. The summed E-state index contributed by atoms with van der Waals surface area (Å²) in [5.41, 5.74) is 0. The fourth-order valence-electron chi connectivity index (χ4n) is 1.51. The monoisotopic (exact) mass is 416 g/mol. The van der Waals surface area contributed by atoms with Gasteiger partial charge in [-0.2, -0.15) is 0 Å². The second kappa shape index (κ2) is 10.3. The first kappa shape index (κ1) is 19.5. The number of halogens is 2. The Labute approximate surface area is 143 Å². The van der Waals surface area contributed by atoms with Crippen LogP contribution in [0.5, 0.6) is 11.5 Å². The molecule has 0 saturated heterocycles. The van der Waals surface area contributed by atoms with Crippen LogP contribution >= 0.6 is 26.6 Å². The Bertz CT molecular complexity index is 551. The summed E-state index contributed by atoms with van der Waals surface area (Å²) in [7, 11) is 2.96. The maximum absolute atomic E-state index is 11.3. The quantitative estimate of drug-likeness (QED) is 0.313. The summed E-state index contributed by atoms with van der Waals surface area (Å²) in [6.07, 6.45) is 0. The van der Waals surface area contributed by atoms with Gasteiger partial charge in [0.15, 0.2) is 11.5 Å². The first-order valence-corrected chi connectivity index (χ1v) is 9.89. The Morgan fingerprint density at radius 1 is 1.05 bits per heavy atom. The van der Waals surface area contributed by atoms with E-state index in [1.807, 2.05) is 0 Å². The minimum Gasteiger partial charge on any atom is -0.493 e. The van der Waals surface area contributed by atoms with Crippen LogP contribution in [0.2, 0.25) is 0 Å². The van der Waals surface area contributed by atoms with E-state index in [1.54, 1.807) is 0 Å². The predicted molar refractivity (Wildman–Crippen MR) is 87.0 cm³/mol. The van der Waals surface area contributed by atoms with Crippen molar-refractivity contribution in [1.82, 2.24) is 0 Å². The maximum Gasteiger partial charge on any atom is 0.261 e. The van der Waals surface area contributed by atoms with Crippen LogP contribution in [0, 0.1) is 0 Å². The molecule has 0 aromatic heterocycles. The van der Waals surface area contributed by atoms with Crippen LogP contribution in [0.1, 0.15) is 0 Å². The maximum atomic E-state index is 11.3. The number of ether oxygens (including phenoxy) is 4. The van der Waals surface area contributed by atoms with Gasteiger partial charge in [-0.1, -0.05) is 15.9 Å². The zero-order valence-corrected chi connectivity index (χ0v) is 15.2. The predicted octanol–water partition coefficient (Wildman–Crippen LogP) is 2.43. The Balaban J connectivity index is 2.44. The molecule has 0 unspecified atom stereocenters. The van der Waals surface area contributed by atoms with Crippen LogP contribution in [-0.4, -0.2) is 53.9 Å². The van der Waals surface area contributed by atoms with Gasteiger partial charge in [-0.3, -0.25) is 0 Å². The van der Waals surface area contributed by atoms with E-state index in [4.69, 9.17) is 29.6 Å². The number of rotatable bonds is 11. The number of hydrogen-bond donors (Lipinski definition) is 0. The molecule has 9 heteroatoms. The third kappa shape index (κ3) is 7.15. The molecule has 0 spiro atoms. The molecule has 22 heavy (non-hydrogen) atoms.